The SMILES string of the molecule is COc1cc(O)c(CC2c3c(cc(OC)c4c3CCc3cc(O)ccc3-4)OC2c2ccc(O)c(OC)c2)c(CCc2cccc(O)c2)c1. The van der Waals surface area contributed by atoms with E-state index in [0.717, 1.165) is 62.9 Å². The molecule has 0 amide bonds. The van der Waals surface area contributed by atoms with Gasteiger partial charge in [-0.2, -0.15) is 0 Å². The average molecular weight is 647 g/mol. The first-order valence-electron chi connectivity index (χ1n) is 16.0. The van der Waals surface area contributed by atoms with Gasteiger partial charge >= 0.3 is 0 Å². The number of rotatable bonds is 9. The van der Waals surface area contributed by atoms with Crippen LogP contribution in [0.4, 0.5) is 0 Å². The highest BCUT2D eigenvalue weighted by Crippen LogP contribution is 2.56. The van der Waals surface area contributed by atoms with Gasteiger partial charge in [0, 0.05) is 29.2 Å². The van der Waals surface area contributed by atoms with Gasteiger partial charge in [0.25, 0.3) is 0 Å². The molecule has 0 saturated carbocycles. The second-order valence-electron chi connectivity index (χ2n) is 12.4. The summed E-state index contributed by atoms with van der Waals surface area (Å²) in [6, 6.07) is 23.5. The van der Waals surface area contributed by atoms with Crippen molar-refractivity contribution < 1.29 is 39.4 Å². The minimum atomic E-state index is -0.465. The third-order valence-corrected chi connectivity index (χ3v) is 9.69. The first-order chi connectivity index (χ1) is 23.3. The highest BCUT2D eigenvalue weighted by Gasteiger charge is 2.41. The molecule has 8 heteroatoms. The van der Waals surface area contributed by atoms with Crippen LogP contribution in [-0.2, 0) is 32.1 Å². The van der Waals surface area contributed by atoms with Gasteiger partial charge in [-0.15, -0.1) is 0 Å². The predicted molar refractivity (Wildman–Crippen MR) is 182 cm³/mol. The van der Waals surface area contributed by atoms with Crippen molar-refractivity contribution in [3.8, 4) is 57.1 Å². The summed E-state index contributed by atoms with van der Waals surface area (Å²) in [5, 5.41) is 42.3. The smallest absolute Gasteiger partial charge is 0.160 e. The topological polar surface area (TPSA) is 118 Å². The third-order valence-electron chi connectivity index (χ3n) is 9.69. The van der Waals surface area contributed by atoms with Crippen molar-refractivity contribution in [2.45, 2.75) is 44.1 Å². The van der Waals surface area contributed by atoms with E-state index in [2.05, 4.69) is 0 Å². The molecule has 0 aromatic heterocycles. The number of phenolic OH excluding ortho intramolecular Hbond substituents is 4. The Hall–Kier alpha value is -5.50. The Labute approximate surface area is 279 Å². The van der Waals surface area contributed by atoms with E-state index >= 15 is 0 Å². The zero-order valence-corrected chi connectivity index (χ0v) is 27.1. The Morgan fingerprint density at radius 3 is 2.31 bits per heavy atom. The number of hydrogen-bond donors (Lipinski definition) is 4. The van der Waals surface area contributed by atoms with Gasteiger partial charge in [-0.05, 0) is 114 Å². The second-order valence-corrected chi connectivity index (χ2v) is 12.4. The molecule has 0 bridgehead atoms. The third kappa shape index (κ3) is 5.57. The summed E-state index contributed by atoms with van der Waals surface area (Å²) in [6.45, 7) is 0. The van der Waals surface area contributed by atoms with Gasteiger partial charge in [0.2, 0.25) is 0 Å². The molecule has 0 spiro atoms. The molecule has 2 atom stereocenters. The lowest BCUT2D eigenvalue weighted by molar-refractivity contribution is 0.207. The standard InChI is InChI=1S/C40H38O8/c1-45-28-17-24(8-7-22-5-4-6-26(41)15-22)31(34(44)19-28)20-32-39-30-12-9-23-16-27(42)11-13-29(23)38(30)36(47-3)21-37(39)48-40(32)25-10-14-33(43)35(18-25)46-2/h4-6,10-11,13-19,21,32,40-44H,7-9,12,20H2,1-3H3. The highest BCUT2D eigenvalue weighted by atomic mass is 16.5. The molecule has 246 valence electrons. The van der Waals surface area contributed by atoms with Crippen LogP contribution < -0.4 is 18.9 Å². The fourth-order valence-electron chi connectivity index (χ4n) is 7.44. The molecule has 7 rings (SSSR count). The molecule has 1 aliphatic carbocycles. The molecular weight excluding hydrogens is 608 g/mol. The lowest BCUT2D eigenvalue weighted by Gasteiger charge is -2.27. The molecule has 0 saturated heterocycles. The zero-order chi connectivity index (χ0) is 33.5. The number of aromatic hydroxyl groups is 4. The number of fused-ring (bicyclic) bond motifs is 5. The van der Waals surface area contributed by atoms with E-state index in [9.17, 15) is 20.4 Å². The Balaban J connectivity index is 1.38. The molecule has 5 aromatic rings. The van der Waals surface area contributed by atoms with Crippen molar-refractivity contribution in [2.24, 2.45) is 0 Å². The maximum Gasteiger partial charge on any atom is 0.160 e. The molecule has 2 aliphatic rings. The molecule has 1 aliphatic heterocycles. The molecule has 0 fully saturated rings. The Morgan fingerprint density at radius 1 is 0.729 bits per heavy atom. The maximum atomic E-state index is 11.5. The van der Waals surface area contributed by atoms with Gasteiger partial charge in [-0.3, -0.25) is 0 Å². The van der Waals surface area contributed by atoms with E-state index < -0.39 is 6.10 Å². The van der Waals surface area contributed by atoms with Crippen LogP contribution in [0, 0.1) is 0 Å². The van der Waals surface area contributed by atoms with Crippen molar-refractivity contribution in [1.29, 1.82) is 0 Å². The summed E-state index contributed by atoms with van der Waals surface area (Å²) >= 11 is 0. The Bertz CT molecular complexity index is 2020. The maximum absolute atomic E-state index is 11.5. The average Bonchev–Trinajstić information content (AvgIpc) is 3.45. The van der Waals surface area contributed by atoms with E-state index in [1.165, 1.54) is 7.11 Å². The molecule has 2 unspecified atom stereocenters. The fourth-order valence-corrected chi connectivity index (χ4v) is 7.44. The number of phenols is 4. The molecular formula is C40H38O8. The summed E-state index contributed by atoms with van der Waals surface area (Å²) in [5.74, 6) is 2.70. The van der Waals surface area contributed by atoms with Crippen LogP contribution >= 0.6 is 0 Å². The lowest BCUT2D eigenvalue weighted by atomic mass is 9.76. The number of benzene rings is 5. The number of hydrogen-bond acceptors (Lipinski definition) is 8. The minimum Gasteiger partial charge on any atom is -0.508 e. The van der Waals surface area contributed by atoms with Crippen molar-refractivity contribution in [2.75, 3.05) is 21.3 Å². The normalized spacial score (nSPS) is 16.0. The van der Waals surface area contributed by atoms with Crippen LogP contribution in [0.2, 0.25) is 0 Å². The summed E-state index contributed by atoms with van der Waals surface area (Å²) in [7, 11) is 4.75. The van der Waals surface area contributed by atoms with Crippen molar-refractivity contribution in [3.63, 3.8) is 0 Å². The summed E-state index contributed by atoms with van der Waals surface area (Å²) in [6.07, 6.45) is 2.71. The first-order valence-corrected chi connectivity index (χ1v) is 16.0. The van der Waals surface area contributed by atoms with Gasteiger partial charge in [0.05, 0.1) is 21.3 Å². The number of aryl methyl sites for hydroxylation is 3. The summed E-state index contributed by atoms with van der Waals surface area (Å²) in [4.78, 5) is 0. The molecule has 8 nitrogen and oxygen atoms in total. The molecule has 4 N–H and O–H groups in total. The summed E-state index contributed by atoms with van der Waals surface area (Å²) in [5.41, 5.74) is 8.77. The van der Waals surface area contributed by atoms with Gasteiger partial charge in [-0.1, -0.05) is 24.3 Å². The van der Waals surface area contributed by atoms with E-state index in [-0.39, 0.29) is 28.9 Å². The predicted octanol–water partition coefficient (Wildman–Crippen LogP) is 7.55. The van der Waals surface area contributed by atoms with Gasteiger partial charge in [-0.25, -0.2) is 0 Å². The molecule has 1 heterocycles. The number of methoxy groups -OCH3 is 3. The molecule has 48 heavy (non-hydrogen) atoms. The zero-order valence-electron chi connectivity index (χ0n) is 27.1. The molecule has 0 radical (unpaired) electrons. The van der Waals surface area contributed by atoms with Crippen LogP contribution in [0.3, 0.4) is 0 Å². The van der Waals surface area contributed by atoms with Gasteiger partial charge in [0.1, 0.15) is 40.6 Å². The lowest BCUT2D eigenvalue weighted by Crippen LogP contribution is -2.16. The van der Waals surface area contributed by atoms with Crippen molar-refractivity contribution >= 4 is 0 Å². The molecule has 5 aromatic carbocycles. The fraction of sp³-hybridized carbons (Fsp3) is 0.250. The van der Waals surface area contributed by atoms with E-state index in [4.69, 9.17) is 18.9 Å². The van der Waals surface area contributed by atoms with E-state index in [0.29, 0.717) is 42.3 Å². The second kappa shape index (κ2) is 12.6. The van der Waals surface area contributed by atoms with E-state index in [1.54, 1.807) is 50.6 Å². The van der Waals surface area contributed by atoms with Gasteiger partial charge in [0.15, 0.2) is 11.5 Å². The van der Waals surface area contributed by atoms with E-state index in [1.807, 2.05) is 42.5 Å². The van der Waals surface area contributed by atoms with Gasteiger partial charge < -0.3 is 39.4 Å². The van der Waals surface area contributed by atoms with Crippen LogP contribution in [0.1, 0.15) is 51.0 Å². The minimum absolute atomic E-state index is 0.0363. The quantitative estimate of drug-likeness (QED) is 0.130. The van der Waals surface area contributed by atoms with Crippen LogP contribution in [0.5, 0.6) is 46.0 Å². The first kappa shape index (κ1) is 31.1. The highest BCUT2D eigenvalue weighted by molar-refractivity contribution is 5.82. The van der Waals surface area contributed by atoms with Crippen LogP contribution in [0.15, 0.2) is 78.9 Å². The van der Waals surface area contributed by atoms with Crippen LogP contribution in [0.25, 0.3) is 11.1 Å². The Kier molecular flexibility index (Phi) is 8.17. The largest absolute Gasteiger partial charge is 0.508 e. The van der Waals surface area contributed by atoms with Crippen molar-refractivity contribution in [1.82, 2.24) is 0 Å². The number of ether oxygens (including phenoxy) is 4. The van der Waals surface area contributed by atoms with Crippen molar-refractivity contribution in [3.05, 3.63) is 118 Å². The van der Waals surface area contributed by atoms with Crippen LogP contribution in [-0.4, -0.2) is 41.8 Å². The monoisotopic (exact) mass is 646 g/mol. The Morgan fingerprint density at radius 2 is 1.54 bits per heavy atom. The summed E-state index contributed by atoms with van der Waals surface area (Å²) < 4.78 is 23.8.